The van der Waals surface area contributed by atoms with E-state index in [-0.39, 0.29) is 11.7 Å². The number of hydrogen-bond donors (Lipinski definition) is 0. The van der Waals surface area contributed by atoms with Crippen LogP contribution in [0.3, 0.4) is 0 Å². The largest absolute Gasteiger partial charge is 0.496 e. The molecule has 27 heavy (non-hydrogen) atoms. The summed E-state index contributed by atoms with van der Waals surface area (Å²) in [5.74, 6) is 2.88. The number of ether oxygens (including phenoxy) is 2. The summed E-state index contributed by atoms with van der Waals surface area (Å²) < 4.78 is 16.3. The van der Waals surface area contributed by atoms with E-state index in [1.165, 1.54) is 0 Å². The van der Waals surface area contributed by atoms with Gasteiger partial charge in [-0.3, -0.25) is 9.69 Å². The van der Waals surface area contributed by atoms with Crippen LogP contribution in [0.25, 0.3) is 0 Å². The molecule has 0 saturated carbocycles. The van der Waals surface area contributed by atoms with E-state index in [9.17, 15) is 4.79 Å². The van der Waals surface area contributed by atoms with Crippen LogP contribution < -0.4 is 4.74 Å². The molecule has 3 rings (SSSR count). The zero-order valence-electron chi connectivity index (χ0n) is 16.7. The topological polar surface area (TPSA) is 51.9 Å². The molecule has 0 amide bonds. The Bertz CT molecular complexity index is 772. The highest BCUT2D eigenvalue weighted by atomic mass is 16.5. The number of likely N-dealkylation sites (tertiary alicyclic amines) is 1. The van der Waals surface area contributed by atoms with Gasteiger partial charge in [-0.1, -0.05) is 0 Å². The molecular formula is C22H29NO4. The Kier molecular flexibility index (Phi) is 6.34. The van der Waals surface area contributed by atoms with Gasteiger partial charge in [0.2, 0.25) is 0 Å². The minimum absolute atomic E-state index is 0.0272. The Morgan fingerprint density at radius 1 is 1.19 bits per heavy atom. The minimum atomic E-state index is 0.0272. The summed E-state index contributed by atoms with van der Waals surface area (Å²) in [5, 5.41) is 0. The maximum Gasteiger partial charge on any atom is 0.167 e. The predicted octanol–water partition coefficient (Wildman–Crippen LogP) is 4.15. The number of rotatable bonds is 7. The Morgan fingerprint density at radius 3 is 2.56 bits per heavy atom. The van der Waals surface area contributed by atoms with E-state index in [0.29, 0.717) is 6.61 Å². The van der Waals surface area contributed by atoms with Gasteiger partial charge in [0.1, 0.15) is 23.9 Å². The predicted molar refractivity (Wildman–Crippen MR) is 104 cm³/mol. The number of ketones is 1. The van der Waals surface area contributed by atoms with Crippen molar-refractivity contribution in [3.05, 3.63) is 52.5 Å². The third kappa shape index (κ3) is 4.60. The van der Waals surface area contributed by atoms with E-state index in [1.807, 2.05) is 38.1 Å². The number of benzene rings is 1. The molecule has 0 bridgehead atoms. The first-order valence-electron chi connectivity index (χ1n) is 9.50. The first-order chi connectivity index (χ1) is 13.0. The fourth-order valence-corrected chi connectivity index (χ4v) is 4.01. The maximum absolute atomic E-state index is 13.1. The molecule has 0 spiro atoms. The van der Waals surface area contributed by atoms with Crippen LogP contribution >= 0.6 is 0 Å². The van der Waals surface area contributed by atoms with Crippen LogP contribution in [-0.2, 0) is 17.9 Å². The van der Waals surface area contributed by atoms with Crippen molar-refractivity contribution in [2.24, 2.45) is 5.92 Å². The van der Waals surface area contributed by atoms with Crippen molar-refractivity contribution >= 4 is 5.78 Å². The van der Waals surface area contributed by atoms with Crippen molar-refractivity contribution in [2.45, 2.75) is 39.8 Å². The monoisotopic (exact) mass is 371 g/mol. The molecule has 0 N–H and O–H groups in total. The molecule has 1 aromatic heterocycles. The summed E-state index contributed by atoms with van der Waals surface area (Å²) >= 11 is 0. The zero-order valence-corrected chi connectivity index (χ0v) is 16.7. The minimum Gasteiger partial charge on any atom is -0.496 e. The lowest BCUT2D eigenvalue weighted by atomic mass is 9.88. The average molecular weight is 371 g/mol. The van der Waals surface area contributed by atoms with Crippen molar-refractivity contribution in [1.82, 2.24) is 4.90 Å². The number of carbonyl (C=O) groups excluding carboxylic acids is 1. The number of Topliss-reactive ketones (excluding diaryl/α,β-unsaturated/α-hetero) is 1. The molecule has 0 radical (unpaired) electrons. The number of nitrogens with zero attached hydrogens (tertiary/aromatic N) is 1. The zero-order chi connectivity index (χ0) is 19.4. The lowest BCUT2D eigenvalue weighted by molar-refractivity contribution is 0.0800. The number of hydrogen-bond acceptors (Lipinski definition) is 5. The number of carbonyl (C=O) groups is 1. The Morgan fingerprint density at radius 2 is 1.89 bits per heavy atom. The Balaban J connectivity index is 1.67. The second kappa shape index (κ2) is 8.72. The highest BCUT2D eigenvalue weighted by Gasteiger charge is 2.27. The van der Waals surface area contributed by atoms with Gasteiger partial charge in [0.15, 0.2) is 5.78 Å². The normalized spacial score (nSPS) is 17.9. The first kappa shape index (κ1) is 19.6. The van der Waals surface area contributed by atoms with Crippen LogP contribution in [0, 0.1) is 19.8 Å². The van der Waals surface area contributed by atoms with E-state index in [2.05, 4.69) is 4.90 Å². The molecule has 0 unspecified atom stereocenters. The average Bonchev–Trinajstić information content (AvgIpc) is 3.08. The van der Waals surface area contributed by atoms with Crippen molar-refractivity contribution in [3.8, 4) is 5.75 Å². The van der Waals surface area contributed by atoms with Crippen LogP contribution in [0.2, 0.25) is 0 Å². The van der Waals surface area contributed by atoms with E-state index in [1.54, 1.807) is 14.2 Å². The molecule has 5 nitrogen and oxygen atoms in total. The molecule has 1 aliphatic rings. The fourth-order valence-electron chi connectivity index (χ4n) is 4.01. The van der Waals surface area contributed by atoms with Gasteiger partial charge in [0, 0.05) is 25.1 Å². The molecule has 2 aromatic rings. The summed E-state index contributed by atoms with van der Waals surface area (Å²) in [4.78, 5) is 15.4. The molecule has 0 aliphatic carbocycles. The summed E-state index contributed by atoms with van der Waals surface area (Å²) in [6.07, 6.45) is 1.96. The van der Waals surface area contributed by atoms with E-state index >= 15 is 0 Å². The lowest BCUT2D eigenvalue weighted by Gasteiger charge is -2.31. The number of furan rings is 1. The first-order valence-corrected chi connectivity index (χ1v) is 9.50. The second-order valence-corrected chi connectivity index (χ2v) is 7.38. The summed E-state index contributed by atoms with van der Waals surface area (Å²) in [6, 6.07) is 7.86. The van der Waals surface area contributed by atoms with Gasteiger partial charge in [-0.15, -0.1) is 0 Å². The van der Waals surface area contributed by atoms with Gasteiger partial charge in [-0.05, 0) is 68.6 Å². The molecule has 146 valence electrons. The SMILES string of the molecule is COCc1ccc(CN2CCC[C@@H](C(=O)c3cc(C)c(OC)c(C)c3)C2)o1. The van der Waals surface area contributed by atoms with Gasteiger partial charge < -0.3 is 13.9 Å². The van der Waals surface area contributed by atoms with Crippen LogP contribution in [-0.4, -0.2) is 38.0 Å². The van der Waals surface area contributed by atoms with E-state index in [0.717, 1.165) is 66.4 Å². The fraction of sp³-hybridized carbons (Fsp3) is 0.500. The van der Waals surface area contributed by atoms with Crippen molar-refractivity contribution < 1.29 is 18.7 Å². The summed E-state index contributed by atoms with van der Waals surface area (Å²) in [6.45, 7) is 6.95. The van der Waals surface area contributed by atoms with Crippen LogP contribution in [0.1, 0.15) is 45.8 Å². The summed E-state index contributed by atoms with van der Waals surface area (Å²) in [5.41, 5.74) is 2.81. The molecule has 5 heteroatoms. The van der Waals surface area contributed by atoms with E-state index < -0.39 is 0 Å². The molecule has 1 aliphatic heterocycles. The third-order valence-electron chi connectivity index (χ3n) is 5.21. The van der Waals surface area contributed by atoms with Crippen LogP contribution in [0.4, 0.5) is 0 Å². The lowest BCUT2D eigenvalue weighted by Crippen LogP contribution is -2.38. The molecule has 2 heterocycles. The highest BCUT2D eigenvalue weighted by molar-refractivity contribution is 5.98. The number of piperidine rings is 1. The van der Waals surface area contributed by atoms with Crippen LogP contribution in [0.15, 0.2) is 28.7 Å². The third-order valence-corrected chi connectivity index (χ3v) is 5.21. The molecule has 1 saturated heterocycles. The van der Waals surface area contributed by atoms with Gasteiger partial charge in [0.05, 0.1) is 13.7 Å². The maximum atomic E-state index is 13.1. The Labute approximate surface area is 161 Å². The van der Waals surface area contributed by atoms with Gasteiger partial charge in [-0.2, -0.15) is 0 Å². The summed E-state index contributed by atoms with van der Waals surface area (Å²) in [7, 11) is 3.33. The number of aryl methyl sites for hydroxylation is 2. The Hall–Kier alpha value is -2.11. The molecule has 1 fully saturated rings. The molecular weight excluding hydrogens is 342 g/mol. The molecule has 1 aromatic carbocycles. The van der Waals surface area contributed by atoms with Crippen molar-refractivity contribution in [2.75, 3.05) is 27.3 Å². The van der Waals surface area contributed by atoms with Gasteiger partial charge >= 0.3 is 0 Å². The number of methoxy groups -OCH3 is 2. The standard InChI is InChI=1S/C22H29NO4/c1-15-10-18(11-16(2)22(15)26-4)21(24)17-6-5-9-23(12-17)13-19-7-8-20(27-19)14-25-3/h7-8,10-11,17H,5-6,9,12-14H2,1-4H3/t17-/m1/s1. The quantitative estimate of drug-likeness (QED) is 0.685. The van der Waals surface area contributed by atoms with Crippen LogP contribution in [0.5, 0.6) is 5.75 Å². The molecule has 1 atom stereocenters. The van der Waals surface area contributed by atoms with Crippen molar-refractivity contribution in [3.63, 3.8) is 0 Å². The highest BCUT2D eigenvalue weighted by Crippen LogP contribution is 2.28. The smallest absolute Gasteiger partial charge is 0.167 e. The van der Waals surface area contributed by atoms with E-state index in [4.69, 9.17) is 13.9 Å². The van der Waals surface area contributed by atoms with Gasteiger partial charge in [-0.25, -0.2) is 0 Å². The van der Waals surface area contributed by atoms with Gasteiger partial charge in [0.25, 0.3) is 0 Å². The second-order valence-electron chi connectivity index (χ2n) is 7.38. The van der Waals surface area contributed by atoms with Crippen molar-refractivity contribution in [1.29, 1.82) is 0 Å².